The fourth-order valence-corrected chi connectivity index (χ4v) is 2.36. The molecular weight excluding hydrogens is 340 g/mol. The van der Waals surface area contributed by atoms with E-state index in [0.29, 0.717) is 29.4 Å². The average molecular weight is 360 g/mol. The van der Waals surface area contributed by atoms with E-state index >= 15 is 0 Å². The molecule has 0 unspecified atom stereocenters. The lowest BCUT2D eigenvalue weighted by Gasteiger charge is -2.11. The fourth-order valence-electron chi connectivity index (χ4n) is 2.36. The highest BCUT2D eigenvalue weighted by Crippen LogP contribution is 2.29. The Labute approximate surface area is 159 Å². The minimum absolute atomic E-state index is 0.0174. The molecule has 0 aliphatic carbocycles. The number of rotatable bonds is 7. The second kappa shape index (κ2) is 9.70. The van der Waals surface area contributed by atoms with Gasteiger partial charge in [-0.15, -0.1) is 6.42 Å². The lowest BCUT2D eigenvalue weighted by atomic mass is 10.1. The van der Waals surface area contributed by atoms with Gasteiger partial charge in [0.15, 0.2) is 11.5 Å². The summed E-state index contributed by atoms with van der Waals surface area (Å²) >= 11 is 0. The fraction of sp³-hybridized carbons (Fsp3) is 0.182. The summed E-state index contributed by atoms with van der Waals surface area (Å²) < 4.78 is 11.0. The molecular formula is C22H20N2O3. The largest absolute Gasteiger partial charge is 0.490 e. The maximum absolute atomic E-state index is 12.4. The van der Waals surface area contributed by atoms with Crippen LogP contribution in [0.5, 0.6) is 11.5 Å². The van der Waals surface area contributed by atoms with E-state index in [-0.39, 0.29) is 12.2 Å². The summed E-state index contributed by atoms with van der Waals surface area (Å²) in [5.41, 5.74) is 2.27. The summed E-state index contributed by atoms with van der Waals surface area (Å²) in [5.74, 6) is 2.93. The number of aryl methyl sites for hydroxylation is 1. The molecule has 0 bridgehead atoms. The second-order valence-corrected chi connectivity index (χ2v) is 5.63. The van der Waals surface area contributed by atoms with Gasteiger partial charge in [0.25, 0.3) is 5.91 Å². The van der Waals surface area contributed by atoms with Crippen LogP contribution in [-0.2, 0) is 4.79 Å². The highest BCUT2D eigenvalue weighted by molar-refractivity contribution is 6.09. The molecule has 0 radical (unpaired) electrons. The van der Waals surface area contributed by atoms with E-state index in [1.54, 1.807) is 24.3 Å². The van der Waals surface area contributed by atoms with Gasteiger partial charge in [-0.2, -0.15) is 5.26 Å². The highest BCUT2D eigenvalue weighted by Gasteiger charge is 2.11. The monoisotopic (exact) mass is 360 g/mol. The lowest BCUT2D eigenvalue weighted by Crippen LogP contribution is -2.13. The van der Waals surface area contributed by atoms with Crippen LogP contribution in [0.2, 0.25) is 0 Å². The van der Waals surface area contributed by atoms with E-state index < -0.39 is 5.91 Å². The van der Waals surface area contributed by atoms with Gasteiger partial charge in [-0.05, 0) is 55.3 Å². The van der Waals surface area contributed by atoms with E-state index in [1.165, 1.54) is 6.08 Å². The standard InChI is InChI=1S/C22H20N2O3/c1-4-11-27-20-10-9-17(14-21(20)26-5-2)13-18(15-23)22(25)24-19-8-6-7-16(3)12-19/h1,6-10,12-14H,5,11H2,2-3H3,(H,24,25)/b18-13-. The zero-order valence-electron chi connectivity index (χ0n) is 15.3. The Morgan fingerprint density at radius 1 is 1.22 bits per heavy atom. The molecule has 0 aliphatic heterocycles. The Morgan fingerprint density at radius 3 is 2.70 bits per heavy atom. The third-order valence-corrected chi connectivity index (χ3v) is 3.53. The van der Waals surface area contributed by atoms with Gasteiger partial charge < -0.3 is 14.8 Å². The van der Waals surface area contributed by atoms with Crippen molar-refractivity contribution in [1.29, 1.82) is 5.26 Å². The van der Waals surface area contributed by atoms with Crippen LogP contribution < -0.4 is 14.8 Å². The molecule has 1 amide bonds. The van der Waals surface area contributed by atoms with Crippen LogP contribution >= 0.6 is 0 Å². The van der Waals surface area contributed by atoms with Gasteiger partial charge in [0, 0.05) is 5.69 Å². The van der Waals surface area contributed by atoms with E-state index in [1.807, 2.05) is 38.1 Å². The summed E-state index contributed by atoms with van der Waals surface area (Å²) in [6.07, 6.45) is 6.71. The summed E-state index contributed by atoms with van der Waals surface area (Å²) in [5, 5.41) is 12.1. The molecule has 136 valence electrons. The predicted molar refractivity (Wildman–Crippen MR) is 105 cm³/mol. The van der Waals surface area contributed by atoms with Crippen LogP contribution in [0.25, 0.3) is 6.08 Å². The maximum atomic E-state index is 12.4. The molecule has 0 saturated carbocycles. The minimum atomic E-state index is -0.478. The maximum Gasteiger partial charge on any atom is 0.266 e. The number of nitriles is 1. The molecule has 27 heavy (non-hydrogen) atoms. The smallest absolute Gasteiger partial charge is 0.266 e. The molecule has 2 aromatic rings. The van der Waals surface area contributed by atoms with Crippen LogP contribution in [0.1, 0.15) is 18.1 Å². The number of hydrogen-bond acceptors (Lipinski definition) is 4. The Kier molecular flexibility index (Phi) is 7.05. The Hall–Kier alpha value is -3.70. The zero-order valence-corrected chi connectivity index (χ0v) is 15.3. The predicted octanol–water partition coefficient (Wildman–Crippen LogP) is 3.95. The van der Waals surface area contributed by atoms with Crippen molar-refractivity contribution in [3.8, 4) is 29.9 Å². The highest BCUT2D eigenvalue weighted by atomic mass is 16.5. The molecule has 0 saturated heterocycles. The van der Waals surface area contributed by atoms with Crippen molar-refractivity contribution in [2.45, 2.75) is 13.8 Å². The summed E-state index contributed by atoms with van der Waals surface area (Å²) in [7, 11) is 0. The minimum Gasteiger partial charge on any atom is -0.490 e. The van der Waals surface area contributed by atoms with Crippen molar-refractivity contribution >= 4 is 17.7 Å². The molecule has 0 aliphatic rings. The third-order valence-electron chi connectivity index (χ3n) is 3.53. The summed E-state index contributed by atoms with van der Waals surface area (Å²) in [4.78, 5) is 12.4. The first-order valence-electron chi connectivity index (χ1n) is 8.40. The molecule has 0 aromatic heterocycles. The Balaban J connectivity index is 2.25. The van der Waals surface area contributed by atoms with Gasteiger partial charge in [-0.1, -0.05) is 24.1 Å². The molecule has 0 fully saturated rings. The van der Waals surface area contributed by atoms with Crippen molar-refractivity contribution in [3.05, 3.63) is 59.2 Å². The van der Waals surface area contributed by atoms with Gasteiger partial charge in [-0.25, -0.2) is 0 Å². The number of nitrogens with one attached hydrogen (secondary N) is 1. The molecule has 0 atom stereocenters. The number of ether oxygens (including phenoxy) is 2. The van der Waals surface area contributed by atoms with Crippen molar-refractivity contribution in [2.75, 3.05) is 18.5 Å². The number of terminal acetylenes is 1. The number of carbonyl (C=O) groups is 1. The summed E-state index contributed by atoms with van der Waals surface area (Å²) in [6.45, 7) is 4.34. The zero-order chi connectivity index (χ0) is 19.6. The van der Waals surface area contributed by atoms with Gasteiger partial charge in [-0.3, -0.25) is 4.79 Å². The summed E-state index contributed by atoms with van der Waals surface area (Å²) in [6, 6.07) is 14.4. The second-order valence-electron chi connectivity index (χ2n) is 5.63. The quantitative estimate of drug-likeness (QED) is 0.461. The van der Waals surface area contributed by atoms with E-state index in [0.717, 1.165) is 5.56 Å². The third kappa shape index (κ3) is 5.66. The van der Waals surface area contributed by atoms with Gasteiger partial charge in [0.1, 0.15) is 18.2 Å². The van der Waals surface area contributed by atoms with E-state index in [2.05, 4.69) is 11.2 Å². The van der Waals surface area contributed by atoms with Crippen LogP contribution in [-0.4, -0.2) is 19.1 Å². The first-order valence-corrected chi connectivity index (χ1v) is 8.40. The lowest BCUT2D eigenvalue weighted by molar-refractivity contribution is -0.112. The number of nitrogens with zero attached hydrogens (tertiary/aromatic N) is 1. The van der Waals surface area contributed by atoms with Gasteiger partial charge in [0.2, 0.25) is 0 Å². The van der Waals surface area contributed by atoms with Gasteiger partial charge in [0.05, 0.1) is 6.61 Å². The molecule has 2 aromatic carbocycles. The molecule has 5 nitrogen and oxygen atoms in total. The van der Waals surface area contributed by atoms with Crippen LogP contribution in [0.4, 0.5) is 5.69 Å². The van der Waals surface area contributed by atoms with Crippen molar-refractivity contribution in [1.82, 2.24) is 0 Å². The molecule has 0 heterocycles. The Morgan fingerprint density at radius 2 is 2.04 bits per heavy atom. The van der Waals surface area contributed by atoms with E-state index in [9.17, 15) is 10.1 Å². The van der Waals surface area contributed by atoms with Crippen molar-refractivity contribution < 1.29 is 14.3 Å². The SMILES string of the molecule is C#CCOc1ccc(/C=C(/C#N)C(=O)Nc2cccc(C)c2)cc1OCC. The number of anilines is 1. The van der Waals surface area contributed by atoms with E-state index in [4.69, 9.17) is 15.9 Å². The van der Waals surface area contributed by atoms with Crippen molar-refractivity contribution in [3.63, 3.8) is 0 Å². The molecule has 2 rings (SSSR count). The average Bonchev–Trinajstić information content (AvgIpc) is 2.65. The number of amides is 1. The van der Waals surface area contributed by atoms with Crippen LogP contribution in [0.3, 0.4) is 0 Å². The van der Waals surface area contributed by atoms with Crippen LogP contribution in [0.15, 0.2) is 48.0 Å². The van der Waals surface area contributed by atoms with Crippen molar-refractivity contribution in [2.24, 2.45) is 0 Å². The molecule has 1 N–H and O–H groups in total. The normalized spacial score (nSPS) is 10.4. The number of benzene rings is 2. The molecule has 0 spiro atoms. The first kappa shape index (κ1) is 19.6. The molecule has 5 heteroatoms. The number of hydrogen-bond donors (Lipinski definition) is 1. The number of carbonyl (C=O) groups excluding carboxylic acids is 1. The van der Waals surface area contributed by atoms with Crippen LogP contribution in [0, 0.1) is 30.6 Å². The topological polar surface area (TPSA) is 71.3 Å². The Bertz CT molecular complexity index is 933. The first-order chi connectivity index (χ1) is 13.1. The van der Waals surface area contributed by atoms with Gasteiger partial charge >= 0.3 is 0 Å².